The van der Waals surface area contributed by atoms with Gasteiger partial charge >= 0.3 is 0 Å². The maximum Gasteiger partial charge on any atom is 0.224 e. The molecule has 0 aromatic heterocycles. The molecule has 0 saturated heterocycles. The van der Waals surface area contributed by atoms with E-state index in [1.165, 1.54) is 5.56 Å². The number of nitrogens with one attached hydrogen (secondary N) is 1. The monoisotopic (exact) mass is 365 g/mol. The third kappa shape index (κ3) is 5.52. The molecule has 0 aliphatic carbocycles. The Labute approximate surface area is 138 Å². The van der Waals surface area contributed by atoms with Crippen molar-refractivity contribution in [2.24, 2.45) is 0 Å². The van der Waals surface area contributed by atoms with Crippen LogP contribution in [-0.2, 0) is 17.6 Å². The van der Waals surface area contributed by atoms with Gasteiger partial charge in [-0.1, -0.05) is 70.0 Å². The van der Waals surface area contributed by atoms with Gasteiger partial charge in [0.2, 0.25) is 5.91 Å². The zero-order valence-electron chi connectivity index (χ0n) is 11.6. The fraction of sp³-hybridized carbons (Fsp3) is 0.235. The van der Waals surface area contributed by atoms with Gasteiger partial charge in [0.25, 0.3) is 0 Å². The van der Waals surface area contributed by atoms with Gasteiger partial charge in [-0.15, -0.1) is 0 Å². The molecule has 0 aliphatic rings. The molecular weight excluding hydrogens is 350 g/mol. The number of halogens is 2. The van der Waals surface area contributed by atoms with E-state index in [9.17, 15) is 4.79 Å². The topological polar surface area (TPSA) is 29.1 Å². The SMILES string of the molecule is O=C(Cc1cccc(Cl)c1)NC(CBr)Cc1ccccc1. The Morgan fingerprint density at radius 3 is 2.48 bits per heavy atom. The highest BCUT2D eigenvalue weighted by molar-refractivity contribution is 9.09. The van der Waals surface area contributed by atoms with Gasteiger partial charge in [-0.2, -0.15) is 0 Å². The lowest BCUT2D eigenvalue weighted by atomic mass is 10.1. The molecule has 0 aliphatic heterocycles. The number of benzene rings is 2. The fourth-order valence-electron chi connectivity index (χ4n) is 2.15. The number of hydrogen-bond donors (Lipinski definition) is 1. The number of rotatable bonds is 6. The zero-order chi connectivity index (χ0) is 15.1. The molecule has 0 heterocycles. The van der Waals surface area contributed by atoms with E-state index in [1.807, 2.05) is 36.4 Å². The molecular formula is C17H17BrClNO. The molecule has 0 radical (unpaired) electrons. The standard InChI is InChI=1S/C17H17BrClNO/c18-12-16(10-13-5-2-1-3-6-13)20-17(21)11-14-7-4-8-15(19)9-14/h1-9,16H,10-12H2,(H,20,21). The summed E-state index contributed by atoms with van der Waals surface area (Å²) in [6.45, 7) is 0. The maximum atomic E-state index is 12.1. The van der Waals surface area contributed by atoms with E-state index in [2.05, 4.69) is 33.4 Å². The second kappa shape index (κ2) is 8.20. The van der Waals surface area contributed by atoms with Crippen molar-refractivity contribution in [1.82, 2.24) is 5.32 Å². The minimum absolute atomic E-state index is 0.0117. The van der Waals surface area contributed by atoms with Crippen LogP contribution in [0.15, 0.2) is 54.6 Å². The van der Waals surface area contributed by atoms with E-state index < -0.39 is 0 Å². The summed E-state index contributed by atoms with van der Waals surface area (Å²) >= 11 is 9.39. The number of alkyl halides is 1. The highest BCUT2D eigenvalue weighted by Crippen LogP contribution is 2.11. The van der Waals surface area contributed by atoms with Gasteiger partial charge in [0.1, 0.15) is 0 Å². The van der Waals surface area contributed by atoms with Crippen LogP contribution >= 0.6 is 27.5 Å². The molecule has 2 nitrogen and oxygen atoms in total. The summed E-state index contributed by atoms with van der Waals surface area (Å²) in [4.78, 5) is 12.1. The molecule has 1 N–H and O–H groups in total. The predicted molar refractivity (Wildman–Crippen MR) is 91.0 cm³/mol. The minimum Gasteiger partial charge on any atom is -0.352 e. The molecule has 0 bridgehead atoms. The van der Waals surface area contributed by atoms with Gasteiger partial charge in [-0.3, -0.25) is 4.79 Å². The maximum absolute atomic E-state index is 12.1. The Balaban J connectivity index is 1.90. The van der Waals surface area contributed by atoms with Crippen molar-refractivity contribution in [3.63, 3.8) is 0 Å². The largest absolute Gasteiger partial charge is 0.352 e. The van der Waals surface area contributed by atoms with E-state index in [4.69, 9.17) is 11.6 Å². The fourth-order valence-corrected chi connectivity index (χ4v) is 2.76. The number of carbonyl (C=O) groups excluding carboxylic acids is 1. The van der Waals surface area contributed by atoms with Gasteiger partial charge < -0.3 is 5.32 Å². The highest BCUT2D eigenvalue weighted by atomic mass is 79.9. The smallest absolute Gasteiger partial charge is 0.224 e. The van der Waals surface area contributed by atoms with Crippen LogP contribution in [0.3, 0.4) is 0 Å². The number of carbonyl (C=O) groups is 1. The summed E-state index contributed by atoms with van der Waals surface area (Å²) in [7, 11) is 0. The lowest BCUT2D eigenvalue weighted by Crippen LogP contribution is -2.38. The van der Waals surface area contributed by atoms with Crippen LogP contribution in [0.4, 0.5) is 0 Å². The molecule has 0 fully saturated rings. The van der Waals surface area contributed by atoms with Gasteiger partial charge in [0, 0.05) is 16.4 Å². The first-order valence-electron chi connectivity index (χ1n) is 6.81. The number of amides is 1. The molecule has 2 rings (SSSR count). The third-order valence-electron chi connectivity index (χ3n) is 3.13. The first kappa shape index (κ1) is 16.1. The molecule has 1 unspecified atom stereocenters. The van der Waals surface area contributed by atoms with Crippen LogP contribution in [0.5, 0.6) is 0 Å². The van der Waals surface area contributed by atoms with Gasteiger partial charge in [-0.25, -0.2) is 0 Å². The van der Waals surface area contributed by atoms with E-state index in [0.29, 0.717) is 11.4 Å². The van der Waals surface area contributed by atoms with Crippen molar-refractivity contribution in [3.05, 3.63) is 70.7 Å². The Morgan fingerprint density at radius 2 is 1.81 bits per heavy atom. The average Bonchev–Trinajstić information content (AvgIpc) is 2.47. The summed E-state index contributed by atoms with van der Waals surface area (Å²) in [5.74, 6) is 0.0117. The normalized spacial score (nSPS) is 11.9. The second-order valence-electron chi connectivity index (χ2n) is 4.92. The van der Waals surface area contributed by atoms with Crippen molar-refractivity contribution in [3.8, 4) is 0 Å². The highest BCUT2D eigenvalue weighted by Gasteiger charge is 2.12. The quantitative estimate of drug-likeness (QED) is 0.769. The first-order valence-corrected chi connectivity index (χ1v) is 8.31. The van der Waals surface area contributed by atoms with E-state index in [0.717, 1.165) is 17.3 Å². The summed E-state index contributed by atoms with van der Waals surface area (Å²) < 4.78 is 0. The lowest BCUT2D eigenvalue weighted by Gasteiger charge is -2.16. The Hall–Kier alpha value is -1.32. The van der Waals surface area contributed by atoms with Crippen molar-refractivity contribution in [2.75, 3.05) is 5.33 Å². The summed E-state index contributed by atoms with van der Waals surface area (Å²) in [6.07, 6.45) is 1.16. The summed E-state index contributed by atoms with van der Waals surface area (Å²) in [5, 5.41) is 4.43. The molecule has 1 atom stereocenters. The van der Waals surface area contributed by atoms with Crippen LogP contribution < -0.4 is 5.32 Å². The minimum atomic E-state index is 0.0117. The molecule has 21 heavy (non-hydrogen) atoms. The summed E-state index contributed by atoms with van der Waals surface area (Å²) in [6, 6.07) is 17.6. The molecule has 2 aromatic rings. The van der Waals surface area contributed by atoms with Crippen molar-refractivity contribution in [1.29, 1.82) is 0 Å². The Morgan fingerprint density at radius 1 is 1.10 bits per heavy atom. The zero-order valence-corrected chi connectivity index (χ0v) is 13.9. The van der Waals surface area contributed by atoms with E-state index >= 15 is 0 Å². The van der Waals surface area contributed by atoms with Crippen LogP contribution in [0, 0.1) is 0 Å². The average molecular weight is 367 g/mol. The molecule has 2 aromatic carbocycles. The molecule has 4 heteroatoms. The van der Waals surface area contributed by atoms with Crippen LogP contribution in [0.1, 0.15) is 11.1 Å². The Kier molecular flexibility index (Phi) is 6.27. The van der Waals surface area contributed by atoms with E-state index in [1.54, 1.807) is 6.07 Å². The summed E-state index contributed by atoms with van der Waals surface area (Å²) in [5.41, 5.74) is 2.14. The molecule has 1 amide bonds. The predicted octanol–water partition coefficient (Wildman–Crippen LogP) is 4.00. The first-order chi connectivity index (χ1) is 10.2. The second-order valence-corrected chi connectivity index (χ2v) is 6.00. The van der Waals surface area contributed by atoms with Gasteiger partial charge in [0.05, 0.1) is 6.42 Å². The van der Waals surface area contributed by atoms with Crippen molar-refractivity contribution >= 4 is 33.4 Å². The molecule has 110 valence electrons. The van der Waals surface area contributed by atoms with Crippen molar-refractivity contribution in [2.45, 2.75) is 18.9 Å². The van der Waals surface area contributed by atoms with Crippen LogP contribution in [0.2, 0.25) is 5.02 Å². The molecule has 0 spiro atoms. The van der Waals surface area contributed by atoms with Crippen LogP contribution in [0.25, 0.3) is 0 Å². The third-order valence-corrected chi connectivity index (χ3v) is 4.15. The van der Waals surface area contributed by atoms with Gasteiger partial charge in [-0.05, 0) is 29.7 Å². The van der Waals surface area contributed by atoms with Gasteiger partial charge in [0.15, 0.2) is 0 Å². The van der Waals surface area contributed by atoms with E-state index in [-0.39, 0.29) is 11.9 Å². The van der Waals surface area contributed by atoms with Crippen LogP contribution in [-0.4, -0.2) is 17.3 Å². The lowest BCUT2D eigenvalue weighted by molar-refractivity contribution is -0.121. The van der Waals surface area contributed by atoms with Crippen molar-refractivity contribution < 1.29 is 4.79 Å². The Bertz CT molecular complexity index is 588. The molecule has 0 saturated carbocycles. The number of hydrogen-bond acceptors (Lipinski definition) is 1.